The summed E-state index contributed by atoms with van der Waals surface area (Å²) in [6.45, 7) is 4.94. The Morgan fingerprint density at radius 3 is 2.33 bits per heavy atom. The predicted molar refractivity (Wildman–Crippen MR) is 115 cm³/mol. The fourth-order valence-corrected chi connectivity index (χ4v) is 4.17. The number of rotatable bonds is 6. The topological polar surface area (TPSA) is 89.9 Å². The third kappa shape index (κ3) is 5.51. The predicted octanol–water partition coefficient (Wildman–Crippen LogP) is 4.43. The van der Waals surface area contributed by atoms with E-state index in [1.165, 1.54) is 25.1 Å². The number of hydrogen-bond acceptors (Lipinski definition) is 5. The summed E-state index contributed by atoms with van der Waals surface area (Å²) in [7, 11) is 0. The number of carboxylic acid groups (broad SMARTS) is 1. The minimum atomic E-state index is -1.23. The summed E-state index contributed by atoms with van der Waals surface area (Å²) in [4.78, 5) is 35.5. The molecule has 2 aromatic rings. The number of ether oxygens (including phenoxy) is 2. The van der Waals surface area contributed by atoms with E-state index in [0.29, 0.717) is 9.13 Å². The second kappa shape index (κ2) is 9.31. The molecule has 8 heteroatoms. The first-order valence-electron chi connectivity index (χ1n) is 7.55. The Hall–Kier alpha value is -1.95. The highest BCUT2D eigenvalue weighted by atomic mass is 127. The molecule has 0 aliphatic rings. The molecule has 0 atom stereocenters. The first-order chi connectivity index (χ1) is 12.7. The number of carboxylic acids is 1. The molecule has 0 spiro atoms. The van der Waals surface area contributed by atoms with Crippen LogP contribution in [0.25, 0.3) is 0 Å². The molecule has 2 rings (SSSR count). The molecule has 140 valence electrons. The molecular formula is C19H14I2O6. The van der Waals surface area contributed by atoms with Gasteiger partial charge < -0.3 is 14.6 Å². The largest absolute Gasteiger partial charge is 0.478 e. The number of carbonyl (C=O) groups is 3. The lowest BCUT2D eigenvalue weighted by molar-refractivity contribution is -0.140. The molecule has 0 saturated carbocycles. The van der Waals surface area contributed by atoms with E-state index in [1.807, 2.05) is 22.6 Å². The van der Waals surface area contributed by atoms with Crippen molar-refractivity contribution in [2.45, 2.75) is 13.5 Å². The van der Waals surface area contributed by atoms with Crippen LogP contribution in [0.3, 0.4) is 0 Å². The normalized spacial score (nSPS) is 10.2. The van der Waals surface area contributed by atoms with E-state index < -0.39 is 17.9 Å². The van der Waals surface area contributed by atoms with Gasteiger partial charge in [-0.1, -0.05) is 18.7 Å². The summed E-state index contributed by atoms with van der Waals surface area (Å²) >= 11 is 4.10. The van der Waals surface area contributed by atoms with Crippen LogP contribution in [0.1, 0.15) is 33.2 Å². The van der Waals surface area contributed by atoms with Gasteiger partial charge in [0.15, 0.2) is 5.75 Å². The van der Waals surface area contributed by atoms with Crippen molar-refractivity contribution in [3.63, 3.8) is 0 Å². The van der Waals surface area contributed by atoms with Gasteiger partial charge in [0.2, 0.25) is 0 Å². The van der Waals surface area contributed by atoms with Gasteiger partial charge in [-0.2, -0.15) is 0 Å². The summed E-state index contributed by atoms with van der Waals surface area (Å²) in [5, 5.41) is 9.25. The van der Waals surface area contributed by atoms with Gasteiger partial charge in [0.1, 0.15) is 6.61 Å². The van der Waals surface area contributed by atoms with E-state index in [0.717, 1.165) is 3.57 Å². The van der Waals surface area contributed by atoms with Crippen molar-refractivity contribution < 1.29 is 29.0 Å². The van der Waals surface area contributed by atoms with Crippen LogP contribution in [0.15, 0.2) is 48.6 Å². The van der Waals surface area contributed by atoms with Gasteiger partial charge in [-0.05, 0) is 76.4 Å². The molecule has 27 heavy (non-hydrogen) atoms. The molecule has 0 heterocycles. The van der Waals surface area contributed by atoms with E-state index in [2.05, 4.69) is 29.2 Å². The number of halogens is 2. The highest BCUT2D eigenvalue weighted by Crippen LogP contribution is 2.30. The zero-order chi connectivity index (χ0) is 20.1. The van der Waals surface area contributed by atoms with Crippen molar-refractivity contribution in [3.8, 4) is 5.75 Å². The molecule has 0 fully saturated rings. The van der Waals surface area contributed by atoms with Crippen LogP contribution in [-0.4, -0.2) is 23.0 Å². The van der Waals surface area contributed by atoms with E-state index in [4.69, 9.17) is 9.47 Å². The maximum atomic E-state index is 12.6. The average molecular weight is 592 g/mol. The van der Waals surface area contributed by atoms with Gasteiger partial charge in [0.05, 0.1) is 14.7 Å². The average Bonchev–Trinajstić information content (AvgIpc) is 2.61. The maximum Gasteiger partial charge on any atom is 0.344 e. The van der Waals surface area contributed by atoms with Gasteiger partial charge in [-0.15, -0.1) is 0 Å². The van der Waals surface area contributed by atoms with Crippen LogP contribution in [0.4, 0.5) is 0 Å². The third-order valence-electron chi connectivity index (χ3n) is 3.36. The molecule has 0 radical (unpaired) electrons. The lowest BCUT2D eigenvalue weighted by atomic mass is 10.1. The van der Waals surface area contributed by atoms with Crippen LogP contribution >= 0.6 is 45.2 Å². The fraction of sp³-hybridized carbons (Fsp3) is 0.105. The fourth-order valence-electron chi connectivity index (χ4n) is 2.10. The highest BCUT2D eigenvalue weighted by molar-refractivity contribution is 14.1. The second-order valence-electron chi connectivity index (χ2n) is 5.47. The highest BCUT2D eigenvalue weighted by Gasteiger charge is 2.21. The van der Waals surface area contributed by atoms with Gasteiger partial charge in [-0.25, -0.2) is 14.4 Å². The Labute approximate surface area is 182 Å². The number of esters is 2. The Balaban J connectivity index is 2.35. The molecule has 0 unspecified atom stereocenters. The third-order valence-corrected chi connectivity index (χ3v) is 4.79. The first-order valence-corrected chi connectivity index (χ1v) is 9.71. The Bertz CT molecular complexity index is 936. The molecular weight excluding hydrogens is 578 g/mol. The first kappa shape index (κ1) is 21.4. The van der Waals surface area contributed by atoms with Gasteiger partial charge >= 0.3 is 17.9 Å². The SMILES string of the molecule is C=C(C)C(=O)OCc1cc(I)cc(I)c1OC(=O)c1ccccc1C(=O)O. The second-order valence-corrected chi connectivity index (χ2v) is 7.88. The molecule has 6 nitrogen and oxygen atoms in total. The standard InChI is InChI=1S/C19H14I2O6/c1-10(2)18(24)26-9-11-7-12(20)8-15(21)16(11)27-19(25)14-6-4-3-5-13(14)17(22)23/h3-8H,1,9H2,2H3,(H,22,23). The molecule has 0 aliphatic heterocycles. The molecule has 0 amide bonds. The monoisotopic (exact) mass is 592 g/mol. The van der Waals surface area contributed by atoms with Gasteiger partial charge in [0.25, 0.3) is 0 Å². The van der Waals surface area contributed by atoms with E-state index >= 15 is 0 Å². The lowest BCUT2D eigenvalue weighted by Gasteiger charge is -2.14. The summed E-state index contributed by atoms with van der Waals surface area (Å²) in [6.07, 6.45) is 0. The molecule has 0 aliphatic carbocycles. The van der Waals surface area contributed by atoms with Crippen LogP contribution < -0.4 is 4.74 Å². The Kier molecular flexibility index (Phi) is 7.36. The van der Waals surface area contributed by atoms with E-state index in [9.17, 15) is 19.5 Å². The van der Waals surface area contributed by atoms with Crippen molar-refractivity contribution in [3.05, 3.63) is 72.4 Å². The minimum Gasteiger partial charge on any atom is -0.478 e. The summed E-state index contributed by atoms with van der Waals surface area (Å²) in [6, 6.07) is 9.30. The zero-order valence-corrected chi connectivity index (χ0v) is 18.4. The van der Waals surface area contributed by atoms with E-state index in [1.54, 1.807) is 18.2 Å². The van der Waals surface area contributed by atoms with Crippen LogP contribution in [0.5, 0.6) is 5.75 Å². The molecule has 0 saturated heterocycles. The number of aromatic carboxylic acids is 1. The van der Waals surface area contributed by atoms with Crippen LogP contribution in [-0.2, 0) is 16.1 Å². The molecule has 2 aromatic carbocycles. The smallest absolute Gasteiger partial charge is 0.344 e. The number of hydrogen-bond donors (Lipinski definition) is 1. The van der Waals surface area contributed by atoms with Gasteiger partial charge in [-0.3, -0.25) is 0 Å². The summed E-state index contributed by atoms with van der Waals surface area (Å²) < 4.78 is 12.1. The van der Waals surface area contributed by atoms with Crippen molar-refractivity contribution >= 4 is 63.1 Å². The van der Waals surface area contributed by atoms with Crippen molar-refractivity contribution in [1.82, 2.24) is 0 Å². The van der Waals surface area contributed by atoms with Crippen molar-refractivity contribution in [2.75, 3.05) is 0 Å². The zero-order valence-electron chi connectivity index (χ0n) is 14.1. The summed E-state index contributed by atoms with van der Waals surface area (Å²) in [5.74, 6) is -2.37. The number of carbonyl (C=O) groups excluding carboxylic acids is 2. The Morgan fingerprint density at radius 2 is 1.74 bits per heavy atom. The quantitative estimate of drug-likeness (QED) is 0.231. The van der Waals surface area contributed by atoms with Gasteiger partial charge in [0, 0.05) is 14.7 Å². The molecule has 0 aromatic heterocycles. The number of benzene rings is 2. The molecule has 0 bridgehead atoms. The molecule has 1 N–H and O–H groups in total. The maximum absolute atomic E-state index is 12.6. The van der Waals surface area contributed by atoms with E-state index in [-0.39, 0.29) is 29.1 Å². The van der Waals surface area contributed by atoms with Crippen molar-refractivity contribution in [1.29, 1.82) is 0 Å². The minimum absolute atomic E-state index is 0.0655. The summed E-state index contributed by atoms with van der Waals surface area (Å²) in [5.41, 5.74) is 0.522. The van der Waals surface area contributed by atoms with Crippen LogP contribution in [0, 0.1) is 7.14 Å². The van der Waals surface area contributed by atoms with Crippen molar-refractivity contribution in [2.24, 2.45) is 0 Å². The lowest BCUT2D eigenvalue weighted by Crippen LogP contribution is -2.16. The Morgan fingerprint density at radius 1 is 1.11 bits per heavy atom. The van der Waals surface area contributed by atoms with Crippen LogP contribution in [0.2, 0.25) is 0 Å².